The minimum absolute atomic E-state index is 0.178. The van der Waals surface area contributed by atoms with Crippen LogP contribution in [-0.4, -0.2) is 21.4 Å². The zero-order valence-corrected chi connectivity index (χ0v) is 16.1. The monoisotopic (exact) mass is 370 g/mol. The molecule has 0 aliphatic carbocycles. The Morgan fingerprint density at radius 3 is 2.65 bits per heavy atom. The molecule has 136 valence electrons. The van der Waals surface area contributed by atoms with Crippen LogP contribution in [-0.2, 0) is 22.0 Å². The molecule has 1 atom stereocenters. The summed E-state index contributed by atoms with van der Waals surface area (Å²) in [6, 6.07) is 12.6. The van der Waals surface area contributed by atoms with E-state index < -0.39 is 10.8 Å². The molecule has 26 heavy (non-hydrogen) atoms. The molecule has 0 spiro atoms. The summed E-state index contributed by atoms with van der Waals surface area (Å²) >= 11 is 0. The van der Waals surface area contributed by atoms with Crippen LogP contribution in [0.3, 0.4) is 0 Å². The highest BCUT2D eigenvalue weighted by Crippen LogP contribution is 2.27. The summed E-state index contributed by atoms with van der Waals surface area (Å²) in [6.07, 6.45) is 1.64. The van der Waals surface area contributed by atoms with Gasteiger partial charge in [-0.25, -0.2) is 4.98 Å². The van der Waals surface area contributed by atoms with E-state index in [2.05, 4.69) is 10.3 Å². The Labute approximate surface area is 155 Å². The molecule has 1 amide bonds. The van der Waals surface area contributed by atoms with Crippen molar-refractivity contribution in [3.05, 3.63) is 59.5 Å². The van der Waals surface area contributed by atoms with Crippen molar-refractivity contribution in [2.45, 2.75) is 31.9 Å². The van der Waals surface area contributed by atoms with Crippen molar-refractivity contribution < 1.29 is 13.4 Å². The molecular weight excluding hydrogens is 348 g/mol. The van der Waals surface area contributed by atoms with Gasteiger partial charge in [0.15, 0.2) is 5.58 Å². The number of benzene rings is 2. The van der Waals surface area contributed by atoms with Gasteiger partial charge in [-0.2, -0.15) is 0 Å². The number of rotatable bonds is 4. The maximum atomic E-state index is 12.5. The van der Waals surface area contributed by atoms with Crippen molar-refractivity contribution in [3.8, 4) is 0 Å². The molecule has 5 nitrogen and oxygen atoms in total. The van der Waals surface area contributed by atoms with Crippen LogP contribution in [0.2, 0.25) is 0 Å². The van der Waals surface area contributed by atoms with Crippen molar-refractivity contribution in [3.63, 3.8) is 0 Å². The molecule has 0 saturated carbocycles. The predicted octanol–water partition coefficient (Wildman–Crippen LogP) is 4.26. The number of carbonyl (C=O) groups excluding carboxylic acids is 1. The normalized spacial score (nSPS) is 12.9. The van der Waals surface area contributed by atoms with E-state index >= 15 is 0 Å². The Morgan fingerprint density at radius 1 is 1.19 bits per heavy atom. The van der Waals surface area contributed by atoms with Crippen molar-refractivity contribution >= 4 is 33.5 Å². The van der Waals surface area contributed by atoms with Gasteiger partial charge in [-0.05, 0) is 35.9 Å². The Morgan fingerprint density at radius 2 is 1.96 bits per heavy atom. The van der Waals surface area contributed by atoms with Crippen LogP contribution < -0.4 is 5.32 Å². The minimum atomic E-state index is -0.947. The number of aromatic nitrogens is 1. The van der Waals surface area contributed by atoms with E-state index in [0.717, 1.165) is 5.56 Å². The molecule has 0 bridgehead atoms. The molecule has 0 aliphatic rings. The second-order valence-corrected chi connectivity index (χ2v) is 8.76. The molecule has 2 aromatic carbocycles. The second kappa shape index (κ2) is 7.03. The highest BCUT2D eigenvalue weighted by atomic mass is 32.2. The van der Waals surface area contributed by atoms with Gasteiger partial charge in [-0.15, -0.1) is 0 Å². The fraction of sp³-hybridized carbons (Fsp3) is 0.300. The fourth-order valence-corrected chi connectivity index (χ4v) is 3.22. The van der Waals surface area contributed by atoms with E-state index in [0.29, 0.717) is 34.0 Å². The summed E-state index contributed by atoms with van der Waals surface area (Å²) in [5.41, 5.74) is 3.29. The Hall–Kier alpha value is -2.47. The number of oxazole rings is 1. The number of hydrogen-bond donors (Lipinski definition) is 1. The van der Waals surface area contributed by atoms with Crippen LogP contribution in [0.4, 0.5) is 5.69 Å². The average molecular weight is 370 g/mol. The summed E-state index contributed by atoms with van der Waals surface area (Å²) < 4.78 is 17.2. The maximum absolute atomic E-state index is 12.5. The van der Waals surface area contributed by atoms with E-state index in [1.54, 1.807) is 36.6 Å². The van der Waals surface area contributed by atoms with Crippen molar-refractivity contribution in [2.75, 3.05) is 11.6 Å². The smallest absolute Gasteiger partial charge is 0.255 e. The van der Waals surface area contributed by atoms with Crippen LogP contribution >= 0.6 is 0 Å². The van der Waals surface area contributed by atoms with Crippen LogP contribution in [0.15, 0.2) is 46.9 Å². The van der Waals surface area contributed by atoms with E-state index in [1.807, 2.05) is 32.9 Å². The molecule has 3 rings (SSSR count). The third-order valence-corrected chi connectivity index (χ3v) is 4.59. The van der Waals surface area contributed by atoms with Crippen LogP contribution in [0.1, 0.15) is 42.6 Å². The molecule has 1 heterocycles. The van der Waals surface area contributed by atoms with Gasteiger partial charge in [0.05, 0.1) is 0 Å². The number of amides is 1. The molecule has 0 saturated heterocycles. The zero-order chi connectivity index (χ0) is 18.9. The van der Waals surface area contributed by atoms with Crippen LogP contribution in [0.5, 0.6) is 0 Å². The maximum Gasteiger partial charge on any atom is 0.255 e. The van der Waals surface area contributed by atoms with E-state index in [-0.39, 0.29) is 11.3 Å². The standard InChI is InChI=1S/C20H22N2O3S/c1-20(2,3)19-22-16-11-15(8-9-17(16)25-19)21-18(23)14-7-5-6-13(10-14)12-26(4)24/h5-11H,12H2,1-4H3,(H,21,23)/t26-/m1/s1. The first kappa shape index (κ1) is 18.3. The van der Waals surface area contributed by atoms with Gasteiger partial charge in [0.2, 0.25) is 5.89 Å². The predicted molar refractivity (Wildman–Crippen MR) is 105 cm³/mol. The molecule has 3 aromatic rings. The summed E-state index contributed by atoms with van der Waals surface area (Å²) in [4.78, 5) is 17.0. The summed E-state index contributed by atoms with van der Waals surface area (Å²) in [5.74, 6) is 0.880. The van der Waals surface area contributed by atoms with Gasteiger partial charge in [0.1, 0.15) is 5.52 Å². The van der Waals surface area contributed by atoms with Gasteiger partial charge >= 0.3 is 0 Å². The summed E-state index contributed by atoms with van der Waals surface area (Å²) in [6.45, 7) is 6.12. The second-order valence-electron chi connectivity index (χ2n) is 7.32. The SMILES string of the molecule is C[S@@](=O)Cc1cccc(C(=O)Nc2ccc3oc(C(C)(C)C)nc3c2)c1. The molecular formula is C20H22N2O3S. The van der Waals surface area contributed by atoms with E-state index in [9.17, 15) is 9.00 Å². The average Bonchev–Trinajstić information content (AvgIpc) is 2.98. The fourth-order valence-electron chi connectivity index (χ4n) is 2.57. The van der Waals surface area contributed by atoms with Gasteiger partial charge < -0.3 is 9.73 Å². The molecule has 0 aliphatic heterocycles. The summed E-state index contributed by atoms with van der Waals surface area (Å²) in [7, 11) is -0.947. The van der Waals surface area contributed by atoms with E-state index in [1.165, 1.54) is 0 Å². The lowest BCUT2D eigenvalue weighted by Gasteiger charge is -2.11. The van der Waals surface area contributed by atoms with Crippen molar-refractivity contribution in [1.82, 2.24) is 4.98 Å². The molecule has 1 aromatic heterocycles. The first-order valence-electron chi connectivity index (χ1n) is 8.34. The van der Waals surface area contributed by atoms with Crippen molar-refractivity contribution in [2.24, 2.45) is 0 Å². The topological polar surface area (TPSA) is 72.2 Å². The highest BCUT2D eigenvalue weighted by molar-refractivity contribution is 7.83. The third-order valence-electron chi connectivity index (χ3n) is 3.85. The van der Waals surface area contributed by atoms with Crippen LogP contribution in [0.25, 0.3) is 11.1 Å². The lowest BCUT2D eigenvalue weighted by Crippen LogP contribution is -2.12. The first-order valence-corrected chi connectivity index (χ1v) is 10.1. The number of hydrogen-bond acceptors (Lipinski definition) is 4. The first-order chi connectivity index (χ1) is 12.2. The lowest BCUT2D eigenvalue weighted by atomic mass is 9.97. The number of fused-ring (bicyclic) bond motifs is 1. The number of nitrogens with one attached hydrogen (secondary N) is 1. The molecule has 6 heteroatoms. The molecule has 0 radical (unpaired) electrons. The highest BCUT2D eigenvalue weighted by Gasteiger charge is 2.21. The Balaban J connectivity index is 1.82. The van der Waals surface area contributed by atoms with Gasteiger partial charge in [-0.3, -0.25) is 9.00 Å². The summed E-state index contributed by atoms with van der Waals surface area (Å²) in [5, 5.41) is 2.88. The molecule has 0 unspecified atom stereocenters. The molecule has 0 fully saturated rings. The van der Waals surface area contributed by atoms with E-state index in [4.69, 9.17) is 4.42 Å². The number of carbonyl (C=O) groups is 1. The number of anilines is 1. The zero-order valence-electron chi connectivity index (χ0n) is 15.3. The van der Waals surface area contributed by atoms with Crippen LogP contribution in [0, 0.1) is 0 Å². The minimum Gasteiger partial charge on any atom is -0.440 e. The largest absolute Gasteiger partial charge is 0.440 e. The third kappa shape index (κ3) is 4.19. The van der Waals surface area contributed by atoms with Gasteiger partial charge in [-0.1, -0.05) is 32.9 Å². The van der Waals surface area contributed by atoms with Gasteiger partial charge in [0, 0.05) is 39.5 Å². The lowest BCUT2D eigenvalue weighted by molar-refractivity contribution is 0.102. The van der Waals surface area contributed by atoms with Gasteiger partial charge in [0.25, 0.3) is 5.91 Å². The quantitative estimate of drug-likeness (QED) is 0.745. The van der Waals surface area contributed by atoms with Crippen molar-refractivity contribution in [1.29, 1.82) is 0 Å². The molecule has 1 N–H and O–H groups in total. The Bertz CT molecular complexity index is 986. The Kier molecular flexibility index (Phi) is 4.96. The number of nitrogens with zero attached hydrogens (tertiary/aromatic N) is 1.